The number of hydrogen-bond donors (Lipinski definition) is 1. The van der Waals surface area contributed by atoms with E-state index >= 15 is 0 Å². The van der Waals surface area contributed by atoms with Crippen LogP contribution in [-0.4, -0.2) is 30.4 Å². The second-order valence-corrected chi connectivity index (χ2v) is 7.37. The molecule has 0 spiro atoms. The summed E-state index contributed by atoms with van der Waals surface area (Å²) < 4.78 is 12.0. The van der Waals surface area contributed by atoms with Crippen LogP contribution in [0.25, 0.3) is 10.9 Å². The highest BCUT2D eigenvalue weighted by atomic mass is 35.5. The van der Waals surface area contributed by atoms with Crippen molar-refractivity contribution in [3.8, 4) is 11.5 Å². The van der Waals surface area contributed by atoms with Gasteiger partial charge < -0.3 is 19.4 Å². The van der Waals surface area contributed by atoms with E-state index in [2.05, 4.69) is 5.32 Å². The number of thioether (sulfide) groups is 1. The van der Waals surface area contributed by atoms with Crippen molar-refractivity contribution in [2.75, 3.05) is 25.3 Å². The number of fused-ring (bicyclic) bond motifs is 1. The third-order valence-electron chi connectivity index (χ3n) is 4.22. The Morgan fingerprint density at radius 3 is 2.57 bits per heavy atom. The molecule has 3 aromatic rings. The van der Waals surface area contributed by atoms with Crippen LogP contribution in [-0.2, 0) is 11.8 Å². The monoisotopic (exact) mass is 418 g/mol. The van der Waals surface area contributed by atoms with Gasteiger partial charge in [0.15, 0.2) is 0 Å². The molecule has 1 heterocycles. The van der Waals surface area contributed by atoms with Gasteiger partial charge in [-0.25, -0.2) is 0 Å². The molecular weight excluding hydrogens is 400 g/mol. The SMILES string of the molecule is COc1cc(OC)c(NC(=O)CSc2cc(=O)n(C)c3ccccc23)cc1Cl. The van der Waals surface area contributed by atoms with Crippen LogP contribution >= 0.6 is 23.4 Å². The lowest BCUT2D eigenvalue weighted by atomic mass is 10.2. The first kappa shape index (κ1) is 20.1. The summed E-state index contributed by atoms with van der Waals surface area (Å²) in [6.07, 6.45) is 0. The first-order valence-corrected chi connectivity index (χ1v) is 9.74. The fourth-order valence-electron chi connectivity index (χ4n) is 2.79. The molecule has 2 aromatic carbocycles. The number of methoxy groups -OCH3 is 2. The average Bonchev–Trinajstić information content (AvgIpc) is 2.70. The van der Waals surface area contributed by atoms with Gasteiger partial charge in [-0.2, -0.15) is 0 Å². The zero-order chi connectivity index (χ0) is 20.3. The molecule has 0 fully saturated rings. The third-order valence-corrected chi connectivity index (χ3v) is 5.57. The molecule has 0 aliphatic heterocycles. The Hall–Kier alpha value is -2.64. The zero-order valence-corrected chi connectivity index (χ0v) is 17.2. The molecule has 0 bridgehead atoms. The summed E-state index contributed by atoms with van der Waals surface area (Å²) in [5.41, 5.74) is 1.15. The molecule has 146 valence electrons. The van der Waals surface area contributed by atoms with Crippen LogP contribution in [0.2, 0.25) is 5.02 Å². The van der Waals surface area contributed by atoms with Crippen molar-refractivity contribution >= 4 is 45.9 Å². The molecule has 1 N–H and O–H groups in total. The Labute approximate surface area is 171 Å². The van der Waals surface area contributed by atoms with Crippen molar-refractivity contribution in [2.24, 2.45) is 7.05 Å². The van der Waals surface area contributed by atoms with Crippen molar-refractivity contribution in [1.29, 1.82) is 0 Å². The van der Waals surface area contributed by atoms with E-state index < -0.39 is 0 Å². The van der Waals surface area contributed by atoms with Gasteiger partial charge in [-0.3, -0.25) is 9.59 Å². The number of amides is 1. The largest absolute Gasteiger partial charge is 0.495 e. The molecular formula is C20H19ClN2O4S. The number of ether oxygens (including phenoxy) is 2. The highest BCUT2D eigenvalue weighted by Crippen LogP contribution is 2.36. The maximum Gasteiger partial charge on any atom is 0.251 e. The Kier molecular flexibility index (Phi) is 6.16. The van der Waals surface area contributed by atoms with Gasteiger partial charge in [0.2, 0.25) is 5.91 Å². The summed E-state index contributed by atoms with van der Waals surface area (Å²) in [6, 6.07) is 12.3. The molecule has 0 saturated heterocycles. The van der Waals surface area contributed by atoms with Crippen LogP contribution in [0.15, 0.2) is 52.2 Å². The highest BCUT2D eigenvalue weighted by molar-refractivity contribution is 8.00. The second kappa shape index (κ2) is 8.58. The molecule has 0 unspecified atom stereocenters. The van der Waals surface area contributed by atoms with Gasteiger partial charge in [0.25, 0.3) is 5.56 Å². The molecule has 6 nitrogen and oxygen atoms in total. The second-order valence-electron chi connectivity index (χ2n) is 5.95. The number of anilines is 1. The van der Waals surface area contributed by atoms with Gasteiger partial charge >= 0.3 is 0 Å². The van der Waals surface area contributed by atoms with Crippen molar-refractivity contribution in [2.45, 2.75) is 4.90 Å². The Morgan fingerprint density at radius 1 is 1.14 bits per heavy atom. The minimum absolute atomic E-state index is 0.120. The zero-order valence-electron chi connectivity index (χ0n) is 15.6. The fraction of sp³-hybridized carbons (Fsp3) is 0.200. The number of para-hydroxylation sites is 1. The summed E-state index contributed by atoms with van der Waals surface area (Å²) in [4.78, 5) is 25.4. The first-order valence-electron chi connectivity index (χ1n) is 8.37. The standard InChI is InChI=1S/C20H19ClN2O4S/c1-23-15-7-5-4-6-12(15)18(10-20(23)25)28-11-19(24)22-14-8-13(21)16(26-2)9-17(14)27-3/h4-10H,11H2,1-3H3,(H,22,24). The van der Waals surface area contributed by atoms with Crippen LogP contribution in [0, 0.1) is 0 Å². The summed E-state index contributed by atoms with van der Waals surface area (Å²) in [7, 11) is 4.73. The van der Waals surface area contributed by atoms with E-state index in [-0.39, 0.29) is 17.2 Å². The van der Waals surface area contributed by atoms with Crippen LogP contribution in [0.1, 0.15) is 0 Å². The summed E-state index contributed by atoms with van der Waals surface area (Å²) >= 11 is 7.44. The van der Waals surface area contributed by atoms with Gasteiger partial charge in [0.1, 0.15) is 11.5 Å². The van der Waals surface area contributed by atoms with Crippen LogP contribution < -0.4 is 20.3 Å². The molecule has 0 aliphatic rings. The van der Waals surface area contributed by atoms with E-state index in [1.165, 1.54) is 26.0 Å². The Bertz CT molecular complexity index is 1100. The predicted molar refractivity (Wildman–Crippen MR) is 113 cm³/mol. The van der Waals surface area contributed by atoms with E-state index in [0.717, 1.165) is 15.8 Å². The number of benzene rings is 2. The summed E-state index contributed by atoms with van der Waals surface area (Å²) in [6.45, 7) is 0. The number of nitrogens with one attached hydrogen (secondary N) is 1. The molecule has 0 atom stereocenters. The van der Waals surface area contributed by atoms with Crippen molar-refractivity contribution in [3.05, 3.63) is 57.8 Å². The lowest BCUT2D eigenvalue weighted by molar-refractivity contribution is -0.113. The number of pyridine rings is 1. The fourth-order valence-corrected chi connectivity index (χ4v) is 3.90. The summed E-state index contributed by atoms with van der Waals surface area (Å²) in [5.74, 6) is 0.787. The topological polar surface area (TPSA) is 69.6 Å². The van der Waals surface area contributed by atoms with Crippen LogP contribution in [0.4, 0.5) is 5.69 Å². The molecule has 1 amide bonds. The van der Waals surface area contributed by atoms with E-state index in [1.54, 1.807) is 29.8 Å². The van der Waals surface area contributed by atoms with Crippen molar-refractivity contribution in [3.63, 3.8) is 0 Å². The molecule has 3 rings (SSSR count). The van der Waals surface area contributed by atoms with Crippen LogP contribution in [0.3, 0.4) is 0 Å². The predicted octanol–water partition coefficient (Wildman–Crippen LogP) is 3.94. The van der Waals surface area contributed by atoms with E-state index in [1.807, 2.05) is 24.3 Å². The molecule has 0 aliphatic carbocycles. The van der Waals surface area contributed by atoms with E-state index in [4.69, 9.17) is 21.1 Å². The van der Waals surface area contributed by atoms with Gasteiger partial charge in [-0.05, 0) is 12.1 Å². The Balaban J connectivity index is 1.79. The number of carbonyl (C=O) groups is 1. The van der Waals surface area contributed by atoms with Gasteiger partial charge in [0, 0.05) is 29.5 Å². The molecule has 0 saturated carbocycles. The number of hydrogen-bond acceptors (Lipinski definition) is 5. The number of nitrogens with zero attached hydrogens (tertiary/aromatic N) is 1. The van der Waals surface area contributed by atoms with Crippen molar-refractivity contribution in [1.82, 2.24) is 4.57 Å². The smallest absolute Gasteiger partial charge is 0.251 e. The quantitative estimate of drug-likeness (QED) is 0.614. The minimum Gasteiger partial charge on any atom is -0.495 e. The number of rotatable bonds is 6. The molecule has 28 heavy (non-hydrogen) atoms. The van der Waals surface area contributed by atoms with E-state index in [9.17, 15) is 9.59 Å². The van der Waals surface area contributed by atoms with Gasteiger partial charge in [-0.1, -0.05) is 29.8 Å². The average molecular weight is 419 g/mol. The lowest BCUT2D eigenvalue weighted by Crippen LogP contribution is -2.17. The first-order chi connectivity index (χ1) is 13.4. The number of aromatic nitrogens is 1. The van der Waals surface area contributed by atoms with Gasteiger partial charge in [-0.15, -0.1) is 11.8 Å². The van der Waals surface area contributed by atoms with Gasteiger partial charge in [0.05, 0.1) is 36.2 Å². The Morgan fingerprint density at radius 2 is 1.86 bits per heavy atom. The third kappa shape index (κ3) is 4.10. The number of carbonyl (C=O) groups excluding carboxylic acids is 1. The van der Waals surface area contributed by atoms with E-state index in [0.29, 0.717) is 22.2 Å². The van der Waals surface area contributed by atoms with Crippen molar-refractivity contribution < 1.29 is 14.3 Å². The minimum atomic E-state index is -0.241. The molecule has 1 aromatic heterocycles. The summed E-state index contributed by atoms with van der Waals surface area (Å²) in [5, 5.41) is 4.08. The maximum atomic E-state index is 12.5. The maximum absolute atomic E-state index is 12.5. The molecule has 0 radical (unpaired) electrons. The normalized spacial score (nSPS) is 10.7. The molecule has 8 heteroatoms. The van der Waals surface area contributed by atoms with Crippen LogP contribution in [0.5, 0.6) is 11.5 Å². The number of halogens is 1. The highest BCUT2D eigenvalue weighted by Gasteiger charge is 2.14. The number of aryl methyl sites for hydroxylation is 1. The lowest BCUT2D eigenvalue weighted by Gasteiger charge is -2.13.